The van der Waals surface area contributed by atoms with Crippen LogP contribution >= 0.6 is 0 Å². The lowest BCUT2D eigenvalue weighted by Gasteiger charge is -2.09. The normalized spacial score (nSPS) is 11.1. The van der Waals surface area contributed by atoms with Gasteiger partial charge in [0.25, 0.3) is 0 Å². The van der Waals surface area contributed by atoms with E-state index >= 15 is 0 Å². The van der Waals surface area contributed by atoms with Crippen LogP contribution in [0.5, 0.6) is 5.75 Å². The van der Waals surface area contributed by atoms with Crippen LogP contribution < -0.4 is 4.74 Å². The molecule has 0 radical (unpaired) electrons. The van der Waals surface area contributed by atoms with Crippen molar-refractivity contribution >= 4 is 10.9 Å². The maximum atomic E-state index is 5.68. The van der Waals surface area contributed by atoms with Gasteiger partial charge >= 0.3 is 0 Å². The van der Waals surface area contributed by atoms with Crippen LogP contribution in [0.1, 0.15) is 11.3 Å². The Morgan fingerprint density at radius 3 is 2.65 bits per heavy atom. The maximum absolute atomic E-state index is 5.68. The fraction of sp³-hybridized carbons (Fsp3) is 0.333. The molecule has 0 atom stereocenters. The zero-order valence-corrected chi connectivity index (χ0v) is 14.0. The van der Waals surface area contributed by atoms with Gasteiger partial charge in [0.05, 0.1) is 23.5 Å². The van der Waals surface area contributed by atoms with Gasteiger partial charge in [-0.1, -0.05) is 0 Å². The number of benzene rings is 1. The zero-order valence-electron chi connectivity index (χ0n) is 14.0. The largest absolute Gasteiger partial charge is 0.491 e. The molecule has 0 bridgehead atoms. The molecule has 2 aromatic heterocycles. The SMILES string of the molecule is COCCOc1ccc2nc(-c3cn(C)nc3C)cc(C)c2c1. The average Bonchev–Trinajstić information content (AvgIpc) is 2.86. The van der Waals surface area contributed by atoms with Crippen LogP contribution in [0, 0.1) is 13.8 Å². The number of rotatable bonds is 5. The highest BCUT2D eigenvalue weighted by molar-refractivity contribution is 5.86. The summed E-state index contributed by atoms with van der Waals surface area (Å²) in [6.07, 6.45) is 2.01. The Bertz CT molecular complexity index is 840. The van der Waals surface area contributed by atoms with Gasteiger partial charge in [-0.15, -0.1) is 0 Å². The molecular weight excluding hydrogens is 290 g/mol. The van der Waals surface area contributed by atoms with E-state index in [-0.39, 0.29) is 0 Å². The lowest BCUT2D eigenvalue weighted by atomic mass is 10.1. The summed E-state index contributed by atoms with van der Waals surface area (Å²) >= 11 is 0. The molecule has 1 aromatic carbocycles. The standard InChI is InChI=1S/C18H21N3O2/c1-12-9-18(16-11-21(3)20-13(16)2)19-17-6-5-14(10-15(12)17)23-8-7-22-4/h5-6,9-11H,7-8H2,1-4H3. The Balaban J connectivity index is 1.99. The number of hydrogen-bond acceptors (Lipinski definition) is 4. The molecule has 5 nitrogen and oxygen atoms in total. The smallest absolute Gasteiger partial charge is 0.120 e. The van der Waals surface area contributed by atoms with E-state index in [4.69, 9.17) is 14.5 Å². The molecule has 5 heteroatoms. The number of methoxy groups -OCH3 is 1. The summed E-state index contributed by atoms with van der Waals surface area (Å²) in [7, 11) is 3.59. The molecule has 0 spiro atoms. The quantitative estimate of drug-likeness (QED) is 0.679. The summed E-state index contributed by atoms with van der Waals surface area (Å²) in [5.41, 5.74) is 5.14. The minimum Gasteiger partial charge on any atom is -0.491 e. The van der Waals surface area contributed by atoms with Gasteiger partial charge < -0.3 is 9.47 Å². The molecule has 0 N–H and O–H groups in total. The highest BCUT2D eigenvalue weighted by Crippen LogP contribution is 2.28. The van der Waals surface area contributed by atoms with Gasteiger partial charge in [0.2, 0.25) is 0 Å². The van der Waals surface area contributed by atoms with E-state index in [0.717, 1.165) is 33.6 Å². The average molecular weight is 311 g/mol. The molecule has 2 heterocycles. The maximum Gasteiger partial charge on any atom is 0.120 e. The summed E-state index contributed by atoms with van der Waals surface area (Å²) in [5, 5.41) is 5.50. The molecule has 3 rings (SSSR count). The third-order valence-electron chi connectivity index (χ3n) is 3.83. The van der Waals surface area contributed by atoms with E-state index in [1.54, 1.807) is 7.11 Å². The predicted octanol–water partition coefficient (Wildman–Crippen LogP) is 3.28. The van der Waals surface area contributed by atoms with Gasteiger partial charge in [-0.3, -0.25) is 4.68 Å². The molecule has 120 valence electrons. The predicted molar refractivity (Wildman–Crippen MR) is 90.8 cm³/mol. The second kappa shape index (κ2) is 6.38. The molecule has 0 saturated carbocycles. The van der Waals surface area contributed by atoms with Crippen molar-refractivity contribution in [2.24, 2.45) is 7.05 Å². The fourth-order valence-corrected chi connectivity index (χ4v) is 2.70. The van der Waals surface area contributed by atoms with Gasteiger partial charge in [0.15, 0.2) is 0 Å². The second-order valence-corrected chi connectivity index (χ2v) is 5.65. The molecule has 23 heavy (non-hydrogen) atoms. The molecule has 0 aliphatic rings. The van der Waals surface area contributed by atoms with Gasteiger partial charge in [-0.2, -0.15) is 5.10 Å². The van der Waals surface area contributed by atoms with Gasteiger partial charge in [0, 0.05) is 31.3 Å². The van der Waals surface area contributed by atoms with Crippen molar-refractivity contribution in [2.45, 2.75) is 13.8 Å². The summed E-state index contributed by atoms with van der Waals surface area (Å²) < 4.78 is 12.5. The van der Waals surface area contributed by atoms with E-state index in [1.807, 2.05) is 43.0 Å². The third-order valence-corrected chi connectivity index (χ3v) is 3.83. The molecule has 0 saturated heterocycles. The molecule has 3 aromatic rings. The number of hydrogen-bond donors (Lipinski definition) is 0. The molecule has 0 aliphatic carbocycles. The van der Waals surface area contributed by atoms with Crippen molar-refractivity contribution in [1.82, 2.24) is 14.8 Å². The minimum atomic E-state index is 0.543. The van der Waals surface area contributed by atoms with Crippen LogP contribution in [0.15, 0.2) is 30.5 Å². The fourth-order valence-electron chi connectivity index (χ4n) is 2.70. The van der Waals surface area contributed by atoms with Gasteiger partial charge in [0.1, 0.15) is 12.4 Å². The lowest BCUT2D eigenvalue weighted by molar-refractivity contribution is 0.146. The number of ether oxygens (including phenoxy) is 2. The Hall–Kier alpha value is -2.40. The summed E-state index contributed by atoms with van der Waals surface area (Å²) in [5.74, 6) is 0.838. The Morgan fingerprint density at radius 2 is 1.96 bits per heavy atom. The van der Waals surface area contributed by atoms with Crippen molar-refractivity contribution in [3.63, 3.8) is 0 Å². The van der Waals surface area contributed by atoms with Gasteiger partial charge in [-0.25, -0.2) is 4.98 Å². The Kier molecular flexibility index (Phi) is 4.30. The summed E-state index contributed by atoms with van der Waals surface area (Å²) in [6.45, 7) is 5.22. The van der Waals surface area contributed by atoms with Crippen molar-refractivity contribution in [1.29, 1.82) is 0 Å². The van der Waals surface area contributed by atoms with E-state index in [2.05, 4.69) is 18.1 Å². The van der Waals surface area contributed by atoms with Crippen molar-refractivity contribution in [3.8, 4) is 17.0 Å². The third kappa shape index (κ3) is 3.19. The molecule has 0 amide bonds. The molecule has 0 aliphatic heterocycles. The first-order valence-corrected chi connectivity index (χ1v) is 7.62. The van der Waals surface area contributed by atoms with Crippen LogP contribution in [0.4, 0.5) is 0 Å². The van der Waals surface area contributed by atoms with Crippen molar-refractivity contribution < 1.29 is 9.47 Å². The van der Waals surface area contributed by atoms with Crippen LogP contribution in [-0.2, 0) is 11.8 Å². The van der Waals surface area contributed by atoms with E-state index in [1.165, 1.54) is 5.56 Å². The van der Waals surface area contributed by atoms with Gasteiger partial charge in [-0.05, 0) is 43.7 Å². The molecular formula is C18H21N3O2. The summed E-state index contributed by atoms with van der Waals surface area (Å²) in [6, 6.07) is 8.09. The minimum absolute atomic E-state index is 0.543. The highest BCUT2D eigenvalue weighted by Gasteiger charge is 2.11. The highest BCUT2D eigenvalue weighted by atomic mass is 16.5. The first-order valence-electron chi connectivity index (χ1n) is 7.62. The topological polar surface area (TPSA) is 49.2 Å². The van der Waals surface area contributed by atoms with Crippen LogP contribution in [0.3, 0.4) is 0 Å². The number of aromatic nitrogens is 3. The lowest BCUT2D eigenvalue weighted by Crippen LogP contribution is -2.04. The van der Waals surface area contributed by atoms with E-state index in [0.29, 0.717) is 13.2 Å². The Labute approximate surface area is 135 Å². The second-order valence-electron chi connectivity index (χ2n) is 5.65. The van der Waals surface area contributed by atoms with E-state index < -0.39 is 0 Å². The van der Waals surface area contributed by atoms with Crippen LogP contribution in [0.25, 0.3) is 22.2 Å². The first kappa shape index (κ1) is 15.5. The van der Waals surface area contributed by atoms with Crippen LogP contribution in [-0.4, -0.2) is 35.1 Å². The first-order chi connectivity index (χ1) is 11.1. The number of aryl methyl sites for hydroxylation is 3. The van der Waals surface area contributed by atoms with Crippen molar-refractivity contribution in [2.75, 3.05) is 20.3 Å². The molecule has 0 fully saturated rings. The Morgan fingerprint density at radius 1 is 1.13 bits per heavy atom. The molecule has 0 unspecified atom stereocenters. The zero-order chi connectivity index (χ0) is 16.4. The number of nitrogens with zero attached hydrogens (tertiary/aromatic N) is 3. The van der Waals surface area contributed by atoms with Crippen LogP contribution in [0.2, 0.25) is 0 Å². The number of pyridine rings is 1. The summed E-state index contributed by atoms with van der Waals surface area (Å²) in [4.78, 5) is 4.78. The number of fused-ring (bicyclic) bond motifs is 1. The van der Waals surface area contributed by atoms with E-state index in [9.17, 15) is 0 Å². The van der Waals surface area contributed by atoms with Crippen molar-refractivity contribution in [3.05, 3.63) is 41.7 Å². The monoisotopic (exact) mass is 311 g/mol.